The Bertz CT molecular complexity index is 117. The van der Waals surface area contributed by atoms with Crippen LogP contribution in [0.25, 0.3) is 0 Å². The monoisotopic (exact) mass is 210 g/mol. The third kappa shape index (κ3) is 22.5. The second-order valence-electron chi connectivity index (χ2n) is 1.74. The summed E-state index contributed by atoms with van der Waals surface area (Å²) in [6, 6.07) is 0. The zero-order valence-electron chi connectivity index (χ0n) is 7.84. The molecule has 1 fully saturated rings. The summed E-state index contributed by atoms with van der Waals surface area (Å²) in [5, 5.41) is 0. The molecular formula is C4H12NaO6P. The van der Waals surface area contributed by atoms with Crippen molar-refractivity contribution in [2.24, 2.45) is 0 Å². The molecular weight excluding hydrogens is 198 g/mol. The third-order valence-corrected chi connectivity index (χ3v) is 0.744. The van der Waals surface area contributed by atoms with Gasteiger partial charge in [0.1, 0.15) is 0 Å². The minimum Gasteiger partial charge on any atom is -1.00 e. The number of hydrogen-bond donors (Lipinski definition) is 3. The van der Waals surface area contributed by atoms with E-state index >= 15 is 0 Å². The Labute approximate surface area is 93.9 Å². The van der Waals surface area contributed by atoms with E-state index in [1.807, 2.05) is 0 Å². The molecule has 1 aliphatic heterocycles. The van der Waals surface area contributed by atoms with Crippen molar-refractivity contribution in [2.45, 2.75) is 0 Å². The fourth-order valence-corrected chi connectivity index (χ4v) is 0.440. The van der Waals surface area contributed by atoms with Crippen molar-refractivity contribution in [3.05, 3.63) is 0 Å². The molecule has 1 heterocycles. The van der Waals surface area contributed by atoms with E-state index in [9.17, 15) is 0 Å². The Morgan fingerprint density at radius 1 is 1.00 bits per heavy atom. The van der Waals surface area contributed by atoms with Crippen LogP contribution in [0, 0.1) is 0 Å². The van der Waals surface area contributed by atoms with Crippen molar-refractivity contribution in [1.82, 2.24) is 0 Å². The van der Waals surface area contributed by atoms with E-state index in [-0.39, 0.29) is 31.0 Å². The van der Waals surface area contributed by atoms with Gasteiger partial charge in [-0.25, -0.2) is 4.57 Å². The molecule has 0 aliphatic carbocycles. The number of phosphoric acid groups is 1. The Kier molecular flexibility index (Phi) is 11.1. The summed E-state index contributed by atoms with van der Waals surface area (Å²) in [7, 11) is -4.64. The van der Waals surface area contributed by atoms with Gasteiger partial charge in [-0.15, -0.1) is 0 Å². The fourth-order valence-electron chi connectivity index (χ4n) is 0.440. The minimum atomic E-state index is -4.64. The van der Waals surface area contributed by atoms with Gasteiger partial charge in [0.15, 0.2) is 0 Å². The second kappa shape index (κ2) is 8.62. The van der Waals surface area contributed by atoms with Gasteiger partial charge in [0.05, 0.1) is 26.4 Å². The molecule has 0 amide bonds. The topological polar surface area (TPSA) is 96.2 Å². The Hall–Kier alpha value is 1.03. The molecule has 0 aromatic carbocycles. The van der Waals surface area contributed by atoms with E-state index in [4.69, 9.17) is 28.7 Å². The van der Waals surface area contributed by atoms with E-state index in [2.05, 4.69) is 0 Å². The van der Waals surface area contributed by atoms with Crippen molar-refractivity contribution in [3.63, 3.8) is 0 Å². The first-order valence-corrected chi connectivity index (χ1v) is 4.50. The zero-order chi connectivity index (χ0) is 8.74. The van der Waals surface area contributed by atoms with Crippen LogP contribution in [-0.2, 0) is 14.0 Å². The molecule has 0 unspecified atom stereocenters. The molecule has 0 aromatic heterocycles. The fraction of sp³-hybridized carbons (Fsp3) is 1.00. The number of hydrogen-bond acceptors (Lipinski definition) is 3. The molecule has 8 heteroatoms. The van der Waals surface area contributed by atoms with Crippen LogP contribution in [0.2, 0.25) is 0 Å². The van der Waals surface area contributed by atoms with Crippen LogP contribution in [-0.4, -0.2) is 41.1 Å². The normalized spacial score (nSPS) is 16.9. The molecule has 0 atom stereocenters. The first-order chi connectivity index (χ1) is 5.00. The summed E-state index contributed by atoms with van der Waals surface area (Å²) in [5.41, 5.74) is 0. The predicted octanol–water partition coefficient (Wildman–Crippen LogP) is -3.78. The third-order valence-electron chi connectivity index (χ3n) is 0.744. The average molecular weight is 210 g/mol. The molecule has 70 valence electrons. The van der Waals surface area contributed by atoms with E-state index in [0.717, 1.165) is 26.4 Å². The summed E-state index contributed by atoms with van der Waals surface area (Å²) in [5.74, 6) is 0. The van der Waals surface area contributed by atoms with Gasteiger partial charge in [0.2, 0.25) is 0 Å². The Morgan fingerprint density at radius 2 is 1.17 bits per heavy atom. The first kappa shape index (κ1) is 15.5. The van der Waals surface area contributed by atoms with Gasteiger partial charge in [-0.05, 0) is 0 Å². The Morgan fingerprint density at radius 3 is 1.25 bits per heavy atom. The van der Waals surface area contributed by atoms with Crippen molar-refractivity contribution in [3.8, 4) is 0 Å². The summed E-state index contributed by atoms with van der Waals surface area (Å²) >= 11 is 0. The molecule has 1 saturated heterocycles. The summed E-state index contributed by atoms with van der Waals surface area (Å²) in [6.07, 6.45) is 0. The van der Waals surface area contributed by atoms with Crippen LogP contribution in [0.3, 0.4) is 0 Å². The Balaban J connectivity index is -0.000000136. The molecule has 1 rings (SSSR count). The van der Waals surface area contributed by atoms with Gasteiger partial charge >= 0.3 is 37.4 Å². The van der Waals surface area contributed by atoms with Crippen LogP contribution in [0.5, 0.6) is 0 Å². The molecule has 0 aromatic rings. The van der Waals surface area contributed by atoms with Gasteiger partial charge in [-0.1, -0.05) is 0 Å². The smallest absolute Gasteiger partial charge is 1.00 e. The second-order valence-corrected chi connectivity index (χ2v) is 2.76. The minimum absolute atomic E-state index is 0. The van der Waals surface area contributed by atoms with Crippen molar-refractivity contribution in [2.75, 3.05) is 26.4 Å². The molecule has 6 nitrogen and oxygen atoms in total. The summed E-state index contributed by atoms with van der Waals surface area (Å²) in [6.45, 7) is 3.11. The molecule has 1 aliphatic rings. The van der Waals surface area contributed by atoms with Crippen molar-refractivity contribution < 1.29 is 59.7 Å². The van der Waals surface area contributed by atoms with Crippen LogP contribution < -0.4 is 29.6 Å². The summed E-state index contributed by atoms with van der Waals surface area (Å²) < 4.78 is 18.8. The standard InChI is InChI=1S/C4H8O2.Na.H3O4P.H/c1-2-6-4-3-5-1;;1-5(2,3)4;/h1-4H2;;(H3,1,2,3,4);/q;+1;;-1. The van der Waals surface area contributed by atoms with Crippen LogP contribution in [0.1, 0.15) is 1.43 Å². The maximum absolute atomic E-state index is 8.88. The molecule has 12 heavy (non-hydrogen) atoms. The van der Waals surface area contributed by atoms with Crippen LogP contribution in [0.4, 0.5) is 0 Å². The maximum Gasteiger partial charge on any atom is 1.00 e. The number of rotatable bonds is 0. The largest absolute Gasteiger partial charge is 1.00 e. The zero-order valence-corrected chi connectivity index (χ0v) is 9.74. The molecule has 0 saturated carbocycles. The van der Waals surface area contributed by atoms with E-state index < -0.39 is 7.82 Å². The van der Waals surface area contributed by atoms with Gasteiger partial charge in [0.25, 0.3) is 0 Å². The molecule has 0 bridgehead atoms. The van der Waals surface area contributed by atoms with Gasteiger partial charge in [-0.3, -0.25) is 0 Å². The van der Waals surface area contributed by atoms with Crippen molar-refractivity contribution >= 4 is 7.82 Å². The first-order valence-electron chi connectivity index (χ1n) is 2.94. The molecule has 0 radical (unpaired) electrons. The maximum atomic E-state index is 8.88. The van der Waals surface area contributed by atoms with Crippen molar-refractivity contribution in [1.29, 1.82) is 0 Å². The SMILES string of the molecule is C1COCCO1.O=P(O)(O)O.[H-].[Na+]. The van der Waals surface area contributed by atoms with Crippen LogP contribution in [0.15, 0.2) is 0 Å². The van der Waals surface area contributed by atoms with Gasteiger partial charge < -0.3 is 25.6 Å². The van der Waals surface area contributed by atoms with Crippen LogP contribution >= 0.6 is 7.82 Å². The predicted molar refractivity (Wildman–Crippen MR) is 37.0 cm³/mol. The molecule has 0 spiro atoms. The van der Waals surface area contributed by atoms with Gasteiger partial charge in [0, 0.05) is 0 Å². The quantitative estimate of drug-likeness (QED) is 0.280. The average Bonchev–Trinajstić information content (AvgIpc) is 1.88. The van der Waals surface area contributed by atoms with E-state index in [0.29, 0.717) is 0 Å². The summed E-state index contributed by atoms with van der Waals surface area (Å²) in [4.78, 5) is 21.6. The van der Waals surface area contributed by atoms with E-state index in [1.54, 1.807) is 0 Å². The van der Waals surface area contributed by atoms with E-state index in [1.165, 1.54) is 0 Å². The number of ether oxygens (including phenoxy) is 2. The molecule has 3 N–H and O–H groups in total. The van der Waals surface area contributed by atoms with Gasteiger partial charge in [-0.2, -0.15) is 0 Å².